The van der Waals surface area contributed by atoms with Crippen molar-refractivity contribution >= 4 is 17.2 Å². The van der Waals surface area contributed by atoms with Crippen molar-refractivity contribution < 1.29 is 9.53 Å². The third-order valence-electron chi connectivity index (χ3n) is 4.09. The summed E-state index contributed by atoms with van der Waals surface area (Å²) in [6, 6.07) is 11.0. The first-order valence-electron chi connectivity index (χ1n) is 8.49. The Balaban J connectivity index is 1.82. The highest BCUT2D eigenvalue weighted by atomic mass is 16.5. The van der Waals surface area contributed by atoms with Crippen molar-refractivity contribution in [2.75, 3.05) is 11.9 Å². The minimum absolute atomic E-state index is 0.168. The fourth-order valence-electron chi connectivity index (χ4n) is 2.79. The predicted octanol–water partition coefficient (Wildman–Crippen LogP) is 2.89. The van der Waals surface area contributed by atoms with Crippen LogP contribution in [-0.2, 0) is 11.2 Å². The Morgan fingerprint density at radius 3 is 2.62 bits per heavy atom. The molecule has 6 nitrogen and oxygen atoms in total. The van der Waals surface area contributed by atoms with E-state index in [4.69, 9.17) is 4.74 Å². The number of benzene rings is 1. The van der Waals surface area contributed by atoms with Crippen molar-refractivity contribution in [2.45, 2.75) is 27.2 Å². The van der Waals surface area contributed by atoms with Gasteiger partial charge in [0.25, 0.3) is 5.56 Å². The van der Waals surface area contributed by atoms with E-state index in [1.807, 2.05) is 44.2 Å². The van der Waals surface area contributed by atoms with Gasteiger partial charge in [-0.1, -0.05) is 18.2 Å². The van der Waals surface area contributed by atoms with Crippen LogP contribution < -0.4 is 15.6 Å². The number of fused-ring (bicyclic) bond motifs is 1. The van der Waals surface area contributed by atoms with E-state index in [1.54, 1.807) is 19.2 Å². The highest BCUT2D eigenvalue weighted by Crippen LogP contribution is 2.14. The molecule has 0 aliphatic rings. The lowest BCUT2D eigenvalue weighted by Crippen LogP contribution is -2.26. The molecule has 134 valence electrons. The Morgan fingerprint density at radius 1 is 1.19 bits per heavy atom. The third kappa shape index (κ3) is 3.59. The zero-order valence-corrected chi connectivity index (χ0v) is 15.1. The molecule has 1 amide bonds. The van der Waals surface area contributed by atoms with E-state index in [0.717, 1.165) is 16.9 Å². The molecule has 0 aliphatic heterocycles. The van der Waals surface area contributed by atoms with E-state index in [9.17, 15) is 9.59 Å². The number of anilines is 1. The number of carbonyl (C=O) groups excluding carboxylic acids is 1. The van der Waals surface area contributed by atoms with Crippen LogP contribution in [0, 0.1) is 13.8 Å². The number of rotatable bonds is 5. The van der Waals surface area contributed by atoms with Gasteiger partial charge in [-0.2, -0.15) is 0 Å². The Hall–Kier alpha value is -3.15. The number of hydrogen-bond acceptors (Lipinski definition) is 4. The quantitative estimate of drug-likeness (QED) is 0.767. The van der Waals surface area contributed by atoms with Crippen molar-refractivity contribution in [3.8, 4) is 5.75 Å². The Kier molecular flexibility index (Phi) is 5.02. The largest absolute Gasteiger partial charge is 0.494 e. The second-order valence-corrected chi connectivity index (χ2v) is 6.06. The topological polar surface area (TPSA) is 72.7 Å². The lowest BCUT2D eigenvalue weighted by atomic mass is 10.1. The van der Waals surface area contributed by atoms with Crippen molar-refractivity contribution in [2.24, 2.45) is 0 Å². The van der Waals surface area contributed by atoms with Crippen LogP contribution >= 0.6 is 0 Å². The van der Waals surface area contributed by atoms with Gasteiger partial charge in [0.05, 0.1) is 18.7 Å². The number of aryl methyl sites for hydroxylation is 2. The van der Waals surface area contributed by atoms with Gasteiger partial charge < -0.3 is 10.1 Å². The summed E-state index contributed by atoms with van der Waals surface area (Å²) in [4.78, 5) is 29.5. The van der Waals surface area contributed by atoms with Crippen LogP contribution in [0.5, 0.6) is 5.75 Å². The molecule has 0 unspecified atom stereocenters. The maximum Gasteiger partial charge on any atom is 0.281 e. The maximum absolute atomic E-state index is 12.7. The molecule has 0 atom stereocenters. The van der Waals surface area contributed by atoms with E-state index in [0.29, 0.717) is 17.9 Å². The summed E-state index contributed by atoms with van der Waals surface area (Å²) in [7, 11) is 0. The summed E-state index contributed by atoms with van der Waals surface area (Å²) in [6.45, 7) is 6.13. The number of nitrogens with one attached hydrogen (secondary N) is 1. The van der Waals surface area contributed by atoms with Gasteiger partial charge >= 0.3 is 0 Å². The standard InChI is InChI=1S/C20H21N3O3/c1-4-26-16-9-7-15(8-10-16)12-17(24)22-18-14(3)21-19-13(2)6-5-11-23(19)20(18)25/h5-11H,4,12H2,1-3H3,(H,22,24). The summed E-state index contributed by atoms with van der Waals surface area (Å²) in [5.41, 5.74) is 2.78. The average Bonchev–Trinajstić information content (AvgIpc) is 2.61. The summed E-state index contributed by atoms with van der Waals surface area (Å²) < 4.78 is 6.84. The summed E-state index contributed by atoms with van der Waals surface area (Å²) in [5.74, 6) is 0.503. The van der Waals surface area contributed by atoms with Crippen LogP contribution in [0.4, 0.5) is 5.69 Å². The van der Waals surface area contributed by atoms with Crippen LogP contribution in [0.2, 0.25) is 0 Å². The van der Waals surface area contributed by atoms with Crippen molar-refractivity contribution in [3.63, 3.8) is 0 Å². The Morgan fingerprint density at radius 2 is 1.92 bits per heavy atom. The zero-order valence-electron chi connectivity index (χ0n) is 15.1. The zero-order chi connectivity index (χ0) is 18.7. The van der Waals surface area contributed by atoms with Crippen LogP contribution in [0.15, 0.2) is 47.4 Å². The highest BCUT2D eigenvalue weighted by Gasteiger charge is 2.14. The number of hydrogen-bond donors (Lipinski definition) is 1. The van der Waals surface area contributed by atoms with E-state index in [-0.39, 0.29) is 23.6 Å². The summed E-state index contributed by atoms with van der Waals surface area (Å²) in [6.07, 6.45) is 1.82. The fourth-order valence-corrected chi connectivity index (χ4v) is 2.79. The molecule has 3 rings (SSSR count). The van der Waals surface area contributed by atoms with Gasteiger partial charge in [0.1, 0.15) is 17.1 Å². The first kappa shape index (κ1) is 17.7. The third-order valence-corrected chi connectivity index (χ3v) is 4.09. The van der Waals surface area contributed by atoms with Gasteiger partial charge in [0, 0.05) is 6.20 Å². The predicted molar refractivity (Wildman–Crippen MR) is 101 cm³/mol. The molecule has 0 radical (unpaired) electrons. The number of aromatic nitrogens is 2. The molecule has 0 fully saturated rings. The Labute approximate surface area is 151 Å². The second-order valence-electron chi connectivity index (χ2n) is 6.06. The van der Waals surface area contributed by atoms with Crippen molar-refractivity contribution in [1.82, 2.24) is 9.38 Å². The van der Waals surface area contributed by atoms with Gasteiger partial charge in [0.15, 0.2) is 0 Å². The summed E-state index contributed by atoms with van der Waals surface area (Å²) >= 11 is 0. The first-order valence-corrected chi connectivity index (χ1v) is 8.49. The molecule has 2 aromatic heterocycles. The van der Waals surface area contributed by atoms with Crippen LogP contribution in [0.1, 0.15) is 23.7 Å². The van der Waals surface area contributed by atoms with Crippen LogP contribution in [0.25, 0.3) is 5.65 Å². The second kappa shape index (κ2) is 7.39. The van der Waals surface area contributed by atoms with Crippen molar-refractivity contribution in [3.05, 3.63) is 69.8 Å². The molecule has 0 spiro atoms. The monoisotopic (exact) mass is 351 g/mol. The van der Waals surface area contributed by atoms with Gasteiger partial charge in [-0.3, -0.25) is 14.0 Å². The molecular weight excluding hydrogens is 330 g/mol. The average molecular weight is 351 g/mol. The molecule has 2 heterocycles. The smallest absolute Gasteiger partial charge is 0.281 e. The van der Waals surface area contributed by atoms with Crippen molar-refractivity contribution in [1.29, 1.82) is 0 Å². The molecule has 0 aliphatic carbocycles. The molecule has 1 aromatic carbocycles. The van der Waals surface area contributed by atoms with Gasteiger partial charge in [-0.15, -0.1) is 0 Å². The van der Waals surface area contributed by atoms with Crippen LogP contribution in [0.3, 0.4) is 0 Å². The van der Waals surface area contributed by atoms with Gasteiger partial charge in [0.2, 0.25) is 5.91 Å². The molecular formula is C20H21N3O3. The molecule has 6 heteroatoms. The molecule has 1 N–H and O–H groups in total. The van der Waals surface area contributed by atoms with E-state index >= 15 is 0 Å². The van der Waals surface area contributed by atoms with Gasteiger partial charge in [-0.05, 0) is 50.1 Å². The lowest BCUT2D eigenvalue weighted by Gasteiger charge is -2.11. The lowest BCUT2D eigenvalue weighted by molar-refractivity contribution is -0.115. The highest BCUT2D eigenvalue weighted by molar-refractivity contribution is 5.92. The Bertz CT molecular complexity index is 1010. The first-order chi connectivity index (χ1) is 12.5. The van der Waals surface area contributed by atoms with E-state index in [2.05, 4.69) is 10.3 Å². The SMILES string of the molecule is CCOc1ccc(CC(=O)Nc2c(C)nc3c(C)cccn3c2=O)cc1. The normalized spacial score (nSPS) is 10.7. The fraction of sp³-hybridized carbons (Fsp3) is 0.250. The minimum Gasteiger partial charge on any atom is -0.494 e. The molecule has 0 saturated heterocycles. The molecule has 3 aromatic rings. The number of ether oxygens (including phenoxy) is 1. The number of amides is 1. The maximum atomic E-state index is 12.7. The molecule has 26 heavy (non-hydrogen) atoms. The minimum atomic E-state index is -0.281. The van der Waals surface area contributed by atoms with Gasteiger partial charge in [-0.25, -0.2) is 4.98 Å². The number of nitrogens with zero attached hydrogens (tertiary/aromatic N) is 2. The van der Waals surface area contributed by atoms with E-state index in [1.165, 1.54) is 4.40 Å². The molecule has 0 bridgehead atoms. The molecule has 0 saturated carbocycles. The van der Waals surface area contributed by atoms with Crippen LogP contribution in [-0.4, -0.2) is 21.9 Å². The number of carbonyl (C=O) groups is 1. The number of pyridine rings is 1. The van der Waals surface area contributed by atoms with E-state index < -0.39 is 0 Å². The summed E-state index contributed by atoms with van der Waals surface area (Å²) in [5, 5.41) is 2.71.